The highest BCUT2D eigenvalue weighted by molar-refractivity contribution is 9.10. The van der Waals surface area contributed by atoms with Crippen molar-refractivity contribution in [3.63, 3.8) is 0 Å². The van der Waals surface area contributed by atoms with E-state index in [-0.39, 0.29) is 23.6 Å². The molecule has 0 saturated carbocycles. The highest BCUT2D eigenvalue weighted by Gasteiger charge is 2.23. The summed E-state index contributed by atoms with van der Waals surface area (Å²) in [4.78, 5) is 24.6. The summed E-state index contributed by atoms with van der Waals surface area (Å²) >= 11 is 3.45. The average molecular weight is 350 g/mol. The second-order valence-corrected chi connectivity index (χ2v) is 6.26. The molecule has 0 unspecified atom stereocenters. The van der Waals surface area contributed by atoms with Crippen LogP contribution in [-0.4, -0.2) is 17.1 Å². The molecule has 0 amide bonds. The molecule has 1 aliphatic heterocycles. The molecule has 5 heteroatoms. The lowest BCUT2D eigenvalue weighted by atomic mass is 9.96. The second kappa shape index (κ2) is 5.30. The van der Waals surface area contributed by atoms with Crippen molar-refractivity contribution in [1.82, 2.24) is 4.57 Å². The van der Waals surface area contributed by atoms with Crippen LogP contribution < -0.4 is 5.43 Å². The number of rotatable bonds is 2. The van der Waals surface area contributed by atoms with Crippen LogP contribution in [0, 0.1) is 0 Å². The van der Waals surface area contributed by atoms with E-state index in [9.17, 15) is 9.59 Å². The molecule has 2 heterocycles. The maximum atomic E-state index is 12.6. The molecule has 0 fully saturated rings. The van der Waals surface area contributed by atoms with E-state index in [1.807, 2.05) is 10.6 Å². The van der Waals surface area contributed by atoms with Gasteiger partial charge in [0.25, 0.3) is 0 Å². The fraction of sp³-hybridized carbons (Fsp3) is 0.375. The summed E-state index contributed by atoms with van der Waals surface area (Å²) in [5.41, 5.74) is 1.94. The molecule has 4 nitrogen and oxygen atoms in total. The molecule has 1 aromatic heterocycles. The third kappa shape index (κ3) is 2.29. The van der Waals surface area contributed by atoms with Crippen molar-refractivity contribution in [2.45, 2.75) is 32.7 Å². The van der Waals surface area contributed by atoms with E-state index < -0.39 is 5.97 Å². The Morgan fingerprint density at radius 1 is 1.48 bits per heavy atom. The molecule has 21 heavy (non-hydrogen) atoms. The van der Waals surface area contributed by atoms with Gasteiger partial charge in [0, 0.05) is 22.1 Å². The number of aromatic nitrogens is 1. The van der Waals surface area contributed by atoms with Crippen LogP contribution in [0.5, 0.6) is 0 Å². The van der Waals surface area contributed by atoms with Crippen LogP contribution in [-0.2, 0) is 11.2 Å². The number of esters is 1. The van der Waals surface area contributed by atoms with Crippen LogP contribution >= 0.6 is 15.9 Å². The van der Waals surface area contributed by atoms with Gasteiger partial charge in [0.05, 0.1) is 12.1 Å². The smallest absolute Gasteiger partial charge is 0.343 e. The largest absolute Gasteiger partial charge is 0.462 e. The minimum absolute atomic E-state index is 0.113. The predicted molar refractivity (Wildman–Crippen MR) is 84.9 cm³/mol. The van der Waals surface area contributed by atoms with Gasteiger partial charge < -0.3 is 9.30 Å². The Bertz CT molecular complexity index is 794. The average Bonchev–Trinajstić information content (AvgIpc) is 2.45. The highest BCUT2D eigenvalue weighted by Crippen LogP contribution is 2.32. The Hall–Kier alpha value is -1.62. The predicted octanol–water partition coefficient (Wildman–Crippen LogP) is 3.45. The summed E-state index contributed by atoms with van der Waals surface area (Å²) in [5, 5.41) is 0.580. The Labute approximate surface area is 130 Å². The summed E-state index contributed by atoms with van der Waals surface area (Å²) in [5.74, 6) is -0.549. The number of aryl methyl sites for hydroxylation is 1. The lowest BCUT2D eigenvalue weighted by Gasteiger charge is -2.26. The standard InChI is InChI=1S/C16H16BrNO3/c1-3-21-16(20)13-8-18-9(2)4-5-10-6-11(17)7-12(14(10)18)15(13)19/h6-9H,3-5H2,1-2H3/t9-/m1/s1. The van der Waals surface area contributed by atoms with Crippen LogP contribution in [0.4, 0.5) is 0 Å². The van der Waals surface area contributed by atoms with Gasteiger partial charge in [0.1, 0.15) is 5.56 Å². The maximum absolute atomic E-state index is 12.6. The van der Waals surface area contributed by atoms with Gasteiger partial charge in [-0.05, 0) is 44.4 Å². The number of hydrogen-bond donors (Lipinski definition) is 0. The molecule has 0 saturated heterocycles. The van der Waals surface area contributed by atoms with Gasteiger partial charge in [-0.15, -0.1) is 0 Å². The maximum Gasteiger partial charge on any atom is 0.343 e. The third-order valence-electron chi connectivity index (χ3n) is 3.97. The quantitative estimate of drug-likeness (QED) is 0.780. The first-order valence-corrected chi connectivity index (χ1v) is 7.86. The van der Waals surface area contributed by atoms with Crippen LogP contribution in [0.3, 0.4) is 0 Å². The van der Waals surface area contributed by atoms with Gasteiger partial charge in [-0.25, -0.2) is 4.79 Å². The Balaban J connectivity index is 2.38. The molecule has 1 atom stereocenters. The van der Waals surface area contributed by atoms with Crippen molar-refractivity contribution in [3.05, 3.63) is 44.2 Å². The van der Waals surface area contributed by atoms with E-state index in [1.165, 1.54) is 0 Å². The van der Waals surface area contributed by atoms with Crippen molar-refractivity contribution < 1.29 is 9.53 Å². The molecule has 3 rings (SSSR count). The number of carbonyl (C=O) groups is 1. The normalized spacial score (nSPS) is 17.0. The number of nitrogens with zero attached hydrogens (tertiary/aromatic N) is 1. The number of pyridine rings is 1. The number of halogens is 1. The summed E-state index contributed by atoms with van der Waals surface area (Å²) in [6, 6.07) is 4.10. The molecule has 0 radical (unpaired) electrons. The highest BCUT2D eigenvalue weighted by atomic mass is 79.9. The van der Waals surface area contributed by atoms with Gasteiger partial charge in [-0.3, -0.25) is 4.79 Å². The molecule has 0 spiro atoms. The number of carbonyl (C=O) groups excluding carboxylic acids is 1. The topological polar surface area (TPSA) is 48.3 Å². The molecule has 1 aromatic carbocycles. The van der Waals surface area contributed by atoms with E-state index in [0.717, 1.165) is 28.4 Å². The van der Waals surface area contributed by atoms with E-state index in [1.54, 1.807) is 19.2 Å². The number of ether oxygens (including phenoxy) is 1. The van der Waals surface area contributed by atoms with E-state index in [4.69, 9.17) is 4.74 Å². The monoisotopic (exact) mass is 349 g/mol. The Morgan fingerprint density at radius 2 is 2.24 bits per heavy atom. The fourth-order valence-electron chi connectivity index (χ4n) is 2.94. The van der Waals surface area contributed by atoms with Crippen LogP contribution in [0.25, 0.3) is 10.9 Å². The van der Waals surface area contributed by atoms with Crippen molar-refractivity contribution in [1.29, 1.82) is 0 Å². The van der Waals surface area contributed by atoms with Crippen molar-refractivity contribution >= 4 is 32.8 Å². The zero-order valence-corrected chi connectivity index (χ0v) is 13.6. The second-order valence-electron chi connectivity index (χ2n) is 5.35. The summed E-state index contributed by atoms with van der Waals surface area (Å²) in [6.45, 7) is 4.09. The summed E-state index contributed by atoms with van der Waals surface area (Å²) in [7, 11) is 0. The zero-order valence-electron chi connectivity index (χ0n) is 12.0. The number of benzene rings is 1. The van der Waals surface area contributed by atoms with E-state index in [0.29, 0.717) is 5.39 Å². The van der Waals surface area contributed by atoms with Gasteiger partial charge in [-0.1, -0.05) is 15.9 Å². The number of hydrogen-bond acceptors (Lipinski definition) is 3. The molecule has 0 bridgehead atoms. The minimum atomic E-state index is -0.549. The van der Waals surface area contributed by atoms with Gasteiger partial charge in [-0.2, -0.15) is 0 Å². The summed E-state index contributed by atoms with van der Waals surface area (Å²) in [6.07, 6.45) is 3.59. The zero-order chi connectivity index (χ0) is 15.1. The third-order valence-corrected chi connectivity index (χ3v) is 4.43. The van der Waals surface area contributed by atoms with Crippen molar-refractivity contribution in [2.75, 3.05) is 6.61 Å². The van der Waals surface area contributed by atoms with Crippen LogP contribution in [0.2, 0.25) is 0 Å². The Kier molecular flexibility index (Phi) is 3.61. The van der Waals surface area contributed by atoms with Gasteiger partial charge in [0.2, 0.25) is 5.43 Å². The van der Waals surface area contributed by atoms with Gasteiger partial charge >= 0.3 is 5.97 Å². The molecule has 0 N–H and O–H groups in total. The molecular weight excluding hydrogens is 334 g/mol. The van der Waals surface area contributed by atoms with E-state index >= 15 is 0 Å². The first-order valence-electron chi connectivity index (χ1n) is 7.07. The first-order chi connectivity index (χ1) is 10.0. The van der Waals surface area contributed by atoms with Crippen molar-refractivity contribution in [3.8, 4) is 0 Å². The van der Waals surface area contributed by atoms with Crippen LogP contribution in [0.1, 0.15) is 42.2 Å². The lowest BCUT2D eigenvalue weighted by molar-refractivity contribution is 0.0524. The SMILES string of the molecule is CCOC(=O)c1cn2c3c(cc(Br)cc3c1=O)CC[C@H]2C. The van der Waals surface area contributed by atoms with Gasteiger partial charge in [0.15, 0.2) is 0 Å². The molecule has 110 valence electrons. The van der Waals surface area contributed by atoms with Crippen LogP contribution in [0.15, 0.2) is 27.6 Å². The fourth-order valence-corrected chi connectivity index (χ4v) is 3.44. The van der Waals surface area contributed by atoms with Crippen molar-refractivity contribution in [2.24, 2.45) is 0 Å². The first kappa shape index (κ1) is 14.3. The molecule has 0 aliphatic carbocycles. The summed E-state index contributed by atoms with van der Waals surface area (Å²) < 4.78 is 7.91. The lowest BCUT2D eigenvalue weighted by Crippen LogP contribution is -2.24. The molecule has 2 aromatic rings. The molecular formula is C16H16BrNO3. The Morgan fingerprint density at radius 3 is 2.95 bits per heavy atom. The van der Waals surface area contributed by atoms with E-state index in [2.05, 4.69) is 22.9 Å². The minimum Gasteiger partial charge on any atom is -0.462 e. The molecule has 1 aliphatic rings.